The van der Waals surface area contributed by atoms with Crippen LogP contribution < -0.4 is 21.3 Å². The molecule has 0 aromatic heterocycles. The monoisotopic (exact) mass is 398 g/mol. The molecule has 1 aliphatic heterocycles. The van der Waals surface area contributed by atoms with Gasteiger partial charge in [-0.3, -0.25) is 14.4 Å². The van der Waals surface area contributed by atoms with Crippen molar-refractivity contribution < 1.29 is 14.4 Å². The van der Waals surface area contributed by atoms with Crippen LogP contribution in [0.3, 0.4) is 0 Å². The standard InChI is InChI=1S/C22H30N4O3/c23-10-11-24-21(28)16-8-9-18-17(12-16)25-20(27)13-19(14-4-2-1-3-5-14)26(18)22(29)15-6-7-15/h8-9,12,14-15,19H,1-7,10-11,13,23H2,(H,24,28)(H,25,27). The molecule has 7 heteroatoms. The van der Waals surface area contributed by atoms with Crippen molar-refractivity contribution in [3.63, 3.8) is 0 Å². The molecule has 3 aliphatic rings. The average Bonchev–Trinajstić information content (AvgIpc) is 3.58. The molecule has 7 nitrogen and oxygen atoms in total. The Morgan fingerprint density at radius 2 is 1.90 bits per heavy atom. The molecule has 29 heavy (non-hydrogen) atoms. The molecule has 1 aromatic carbocycles. The van der Waals surface area contributed by atoms with Gasteiger partial charge in [0.25, 0.3) is 5.91 Å². The lowest BCUT2D eigenvalue weighted by Gasteiger charge is -2.37. The van der Waals surface area contributed by atoms with Gasteiger partial charge in [0.15, 0.2) is 0 Å². The van der Waals surface area contributed by atoms with E-state index in [2.05, 4.69) is 10.6 Å². The van der Waals surface area contributed by atoms with Crippen LogP contribution in [0.2, 0.25) is 0 Å². The zero-order chi connectivity index (χ0) is 20.4. The highest BCUT2D eigenvalue weighted by Gasteiger charge is 2.42. The highest BCUT2D eigenvalue weighted by molar-refractivity contribution is 6.07. The van der Waals surface area contributed by atoms with Gasteiger partial charge in [0, 0.05) is 37.0 Å². The molecule has 1 heterocycles. The Morgan fingerprint density at radius 1 is 1.14 bits per heavy atom. The Morgan fingerprint density at radius 3 is 2.59 bits per heavy atom. The van der Waals surface area contributed by atoms with Crippen molar-refractivity contribution in [2.75, 3.05) is 23.3 Å². The molecule has 0 spiro atoms. The van der Waals surface area contributed by atoms with E-state index in [1.165, 1.54) is 6.42 Å². The first-order valence-corrected chi connectivity index (χ1v) is 10.8. The lowest BCUT2D eigenvalue weighted by Crippen LogP contribution is -2.46. The van der Waals surface area contributed by atoms with E-state index in [1.54, 1.807) is 12.1 Å². The van der Waals surface area contributed by atoms with Crippen LogP contribution in [0.1, 0.15) is 61.7 Å². The predicted molar refractivity (Wildman–Crippen MR) is 112 cm³/mol. The second-order valence-corrected chi connectivity index (χ2v) is 8.48. The van der Waals surface area contributed by atoms with E-state index in [-0.39, 0.29) is 29.7 Å². The molecule has 0 radical (unpaired) electrons. The molecule has 2 fully saturated rings. The summed E-state index contributed by atoms with van der Waals surface area (Å²) in [4.78, 5) is 40.3. The Labute approximate surface area is 171 Å². The molecule has 1 unspecified atom stereocenters. The number of benzene rings is 1. The van der Waals surface area contributed by atoms with Gasteiger partial charge in [-0.15, -0.1) is 0 Å². The molecule has 156 valence electrons. The fourth-order valence-electron chi connectivity index (χ4n) is 4.64. The minimum Gasteiger partial charge on any atom is -0.351 e. The predicted octanol–water partition coefficient (Wildman–Crippen LogP) is 2.41. The summed E-state index contributed by atoms with van der Waals surface area (Å²) >= 11 is 0. The maximum absolute atomic E-state index is 13.3. The summed E-state index contributed by atoms with van der Waals surface area (Å²) in [7, 11) is 0. The van der Waals surface area contributed by atoms with Gasteiger partial charge < -0.3 is 21.3 Å². The average molecular weight is 399 g/mol. The maximum atomic E-state index is 13.3. The number of nitrogens with one attached hydrogen (secondary N) is 2. The van der Waals surface area contributed by atoms with Crippen molar-refractivity contribution in [3.8, 4) is 0 Å². The van der Waals surface area contributed by atoms with Gasteiger partial charge in [0.1, 0.15) is 0 Å². The Kier molecular flexibility index (Phi) is 5.85. The molecule has 4 N–H and O–H groups in total. The molecule has 2 saturated carbocycles. The first kappa shape index (κ1) is 19.9. The third kappa shape index (κ3) is 4.29. The van der Waals surface area contributed by atoms with E-state index >= 15 is 0 Å². The summed E-state index contributed by atoms with van der Waals surface area (Å²) in [6, 6.07) is 5.11. The highest BCUT2D eigenvalue weighted by Crippen LogP contribution is 2.42. The Balaban J connectivity index is 1.70. The third-order valence-corrected chi connectivity index (χ3v) is 6.31. The molecule has 1 aromatic rings. The van der Waals surface area contributed by atoms with E-state index in [1.807, 2.05) is 11.0 Å². The number of rotatable bonds is 5. The minimum absolute atomic E-state index is 0.0645. The molecule has 4 rings (SSSR count). The SMILES string of the molecule is NCCNC(=O)c1ccc2c(c1)NC(=O)CC(C1CCCCC1)N2C(=O)C1CC1. The number of nitrogens with two attached hydrogens (primary N) is 1. The number of carbonyl (C=O) groups is 3. The van der Waals surface area contributed by atoms with Gasteiger partial charge in [-0.2, -0.15) is 0 Å². The van der Waals surface area contributed by atoms with Crippen molar-refractivity contribution in [1.82, 2.24) is 5.32 Å². The van der Waals surface area contributed by atoms with E-state index in [0.29, 0.717) is 36.7 Å². The number of fused-ring (bicyclic) bond motifs is 1. The van der Waals surface area contributed by atoms with Crippen LogP contribution in [0, 0.1) is 11.8 Å². The van der Waals surface area contributed by atoms with Crippen LogP contribution in [-0.4, -0.2) is 36.9 Å². The topological polar surface area (TPSA) is 105 Å². The summed E-state index contributed by atoms with van der Waals surface area (Å²) in [5.41, 5.74) is 7.18. The number of hydrogen-bond acceptors (Lipinski definition) is 4. The first-order chi connectivity index (χ1) is 14.1. The van der Waals surface area contributed by atoms with Crippen molar-refractivity contribution in [3.05, 3.63) is 23.8 Å². The smallest absolute Gasteiger partial charge is 0.251 e. The zero-order valence-corrected chi connectivity index (χ0v) is 16.8. The summed E-state index contributed by atoms with van der Waals surface area (Å²) in [5, 5.41) is 5.70. The van der Waals surface area contributed by atoms with Gasteiger partial charge in [0.05, 0.1) is 11.4 Å². The molecule has 2 aliphatic carbocycles. The summed E-state index contributed by atoms with van der Waals surface area (Å²) in [6.45, 7) is 0.748. The van der Waals surface area contributed by atoms with E-state index < -0.39 is 0 Å². The molecule has 1 atom stereocenters. The van der Waals surface area contributed by atoms with Gasteiger partial charge in [-0.05, 0) is 49.8 Å². The molecule has 3 amide bonds. The number of amides is 3. The number of hydrogen-bond donors (Lipinski definition) is 3. The quantitative estimate of drug-likeness (QED) is 0.708. The van der Waals surface area contributed by atoms with Crippen molar-refractivity contribution >= 4 is 29.1 Å². The highest BCUT2D eigenvalue weighted by atomic mass is 16.2. The van der Waals surface area contributed by atoms with Crippen LogP contribution >= 0.6 is 0 Å². The van der Waals surface area contributed by atoms with Gasteiger partial charge in [0.2, 0.25) is 11.8 Å². The summed E-state index contributed by atoms with van der Waals surface area (Å²) < 4.78 is 0. The molecule has 0 saturated heterocycles. The van der Waals surface area contributed by atoms with Crippen LogP contribution in [0.25, 0.3) is 0 Å². The Bertz CT molecular complexity index is 799. The van der Waals surface area contributed by atoms with E-state index in [9.17, 15) is 14.4 Å². The molecule has 0 bridgehead atoms. The lowest BCUT2D eigenvalue weighted by molar-refractivity contribution is -0.121. The second kappa shape index (κ2) is 8.53. The number of anilines is 2. The van der Waals surface area contributed by atoms with Crippen molar-refractivity contribution in [2.24, 2.45) is 17.6 Å². The van der Waals surface area contributed by atoms with E-state index in [4.69, 9.17) is 5.73 Å². The van der Waals surface area contributed by atoms with Crippen LogP contribution in [0.4, 0.5) is 11.4 Å². The third-order valence-electron chi connectivity index (χ3n) is 6.31. The molecular weight excluding hydrogens is 368 g/mol. The zero-order valence-electron chi connectivity index (χ0n) is 16.8. The van der Waals surface area contributed by atoms with Gasteiger partial charge in [-0.1, -0.05) is 19.3 Å². The van der Waals surface area contributed by atoms with Crippen LogP contribution in [0.5, 0.6) is 0 Å². The first-order valence-electron chi connectivity index (χ1n) is 10.8. The van der Waals surface area contributed by atoms with Crippen LogP contribution in [0.15, 0.2) is 18.2 Å². The van der Waals surface area contributed by atoms with Crippen LogP contribution in [-0.2, 0) is 9.59 Å². The maximum Gasteiger partial charge on any atom is 0.251 e. The van der Waals surface area contributed by atoms with Crippen molar-refractivity contribution in [1.29, 1.82) is 0 Å². The largest absolute Gasteiger partial charge is 0.351 e. The van der Waals surface area contributed by atoms with Gasteiger partial charge >= 0.3 is 0 Å². The second-order valence-electron chi connectivity index (χ2n) is 8.48. The fourth-order valence-corrected chi connectivity index (χ4v) is 4.64. The lowest BCUT2D eigenvalue weighted by atomic mass is 9.81. The van der Waals surface area contributed by atoms with Crippen molar-refractivity contribution in [2.45, 2.75) is 57.4 Å². The normalized spacial score (nSPS) is 22.4. The minimum atomic E-state index is -0.236. The molecular formula is C22H30N4O3. The number of nitrogens with zero attached hydrogens (tertiary/aromatic N) is 1. The summed E-state index contributed by atoms with van der Waals surface area (Å²) in [5.74, 6) is 0.206. The Hall–Kier alpha value is -2.41. The van der Waals surface area contributed by atoms with E-state index in [0.717, 1.165) is 44.2 Å². The fraction of sp³-hybridized carbons (Fsp3) is 0.591. The van der Waals surface area contributed by atoms with Gasteiger partial charge in [-0.25, -0.2) is 0 Å². The number of carbonyl (C=O) groups excluding carboxylic acids is 3. The summed E-state index contributed by atoms with van der Waals surface area (Å²) in [6.07, 6.45) is 7.80.